The molecule has 0 amide bonds. The van der Waals surface area contributed by atoms with Crippen LogP contribution in [0.4, 0.5) is 0 Å². The molecule has 0 saturated heterocycles. The maximum atomic E-state index is 11.3. The molecule has 0 aliphatic heterocycles. The summed E-state index contributed by atoms with van der Waals surface area (Å²) >= 11 is 0. The fraction of sp³-hybridized carbons (Fsp3) is 0.273. The van der Waals surface area contributed by atoms with Crippen LogP contribution >= 0.6 is 0 Å². The Labute approximate surface area is 98.3 Å². The van der Waals surface area contributed by atoms with E-state index in [1.807, 2.05) is 0 Å². The number of nitrogens with two attached hydrogens (primary N) is 1. The van der Waals surface area contributed by atoms with Crippen molar-refractivity contribution >= 4 is 11.8 Å². The minimum atomic E-state index is -1.32. The number of rotatable bonds is 4. The van der Waals surface area contributed by atoms with Gasteiger partial charge in [-0.1, -0.05) is 29.4 Å². The highest BCUT2D eigenvalue weighted by molar-refractivity contribution is 5.97. The van der Waals surface area contributed by atoms with E-state index < -0.39 is 12.1 Å². The molecule has 0 saturated carbocycles. The number of hydrogen-bond acceptors (Lipinski definition) is 5. The van der Waals surface area contributed by atoms with E-state index >= 15 is 0 Å². The molecule has 0 aliphatic carbocycles. The van der Waals surface area contributed by atoms with Crippen molar-refractivity contribution in [1.82, 2.24) is 0 Å². The summed E-state index contributed by atoms with van der Waals surface area (Å²) in [5, 5.41) is 20.9. The number of nitrogens with zero attached hydrogens (tertiary/aromatic N) is 1. The molecular weight excluding hydrogens is 224 g/mol. The predicted octanol–water partition coefficient (Wildman–Crippen LogP) is 0.378. The van der Waals surface area contributed by atoms with E-state index in [0.717, 1.165) is 0 Å². The number of carbonyl (C=O) groups is 1. The van der Waals surface area contributed by atoms with Crippen LogP contribution in [0, 0.1) is 0 Å². The van der Waals surface area contributed by atoms with Crippen LogP contribution in [-0.2, 0) is 9.53 Å². The fourth-order valence-corrected chi connectivity index (χ4v) is 1.25. The van der Waals surface area contributed by atoms with Gasteiger partial charge >= 0.3 is 5.97 Å². The number of hydrogen-bond donors (Lipinski definition) is 3. The number of aliphatic hydroxyl groups is 1. The largest absolute Gasteiger partial charge is 0.464 e. The molecule has 0 spiro atoms. The van der Waals surface area contributed by atoms with Gasteiger partial charge in [-0.3, -0.25) is 0 Å². The van der Waals surface area contributed by atoms with Crippen LogP contribution in [0.15, 0.2) is 29.4 Å². The summed E-state index contributed by atoms with van der Waals surface area (Å²) in [6.07, 6.45) is -1.32. The minimum absolute atomic E-state index is 0.0397. The molecule has 1 unspecified atom stereocenters. The topological polar surface area (TPSA) is 105 Å². The molecule has 17 heavy (non-hydrogen) atoms. The van der Waals surface area contributed by atoms with E-state index in [4.69, 9.17) is 10.9 Å². The Morgan fingerprint density at radius 3 is 2.53 bits per heavy atom. The van der Waals surface area contributed by atoms with Crippen LogP contribution in [-0.4, -0.2) is 28.7 Å². The number of esters is 1. The normalized spacial score (nSPS) is 13.2. The van der Waals surface area contributed by atoms with Gasteiger partial charge in [-0.25, -0.2) is 4.79 Å². The SMILES string of the molecule is CCOC(=O)C(O)c1ccc(/C(N)=N\O)cc1. The first-order valence-corrected chi connectivity index (χ1v) is 5.02. The van der Waals surface area contributed by atoms with Gasteiger partial charge < -0.3 is 20.8 Å². The summed E-state index contributed by atoms with van der Waals surface area (Å²) in [5.41, 5.74) is 6.25. The Kier molecular flexibility index (Phi) is 4.47. The molecule has 0 radical (unpaired) electrons. The first kappa shape index (κ1) is 13.0. The van der Waals surface area contributed by atoms with E-state index in [-0.39, 0.29) is 12.4 Å². The monoisotopic (exact) mass is 238 g/mol. The van der Waals surface area contributed by atoms with Crippen molar-refractivity contribution in [3.63, 3.8) is 0 Å². The lowest BCUT2D eigenvalue weighted by Gasteiger charge is -2.10. The summed E-state index contributed by atoms with van der Waals surface area (Å²) in [6, 6.07) is 6.09. The average Bonchev–Trinajstić information content (AvgIpc) is 2.37. The van der Waals surface area contributed by atoms with Gasteiger partial charge in [-0.15, -0.1) is 0 Å². The molecule has 6 nitrogen and oxygen atoms in total. The molecule has 0 fully saturated rings. The van der Waals surface area contributed by atoms with Crippen LogP contribution in [0.1, 0.15) is 24.2 Å². The lowest BCUT2D eigenvalue weighted by Crippen LogP contribution is -2.16. The first-order valence-electron chi connectivity index (χ1n) is 5.02. The molecule has 0 heterocycles. The molecule has 92 valence electrons. The van der Waals surface area contributed by atoms with Crippen molar-refractivity contribution in [2.45, 2.75) is 13.0 Å². The maximum absolute atomic E-state index is 11.3. The van der Waals surface area contributed by atoms with Gasteiger partial charge in [0.2, 0.25) is 0 Å². The average molecular weight is 238 g/mol. The number of benzene rings is 1. The Morgan fingerprint density at radius 2 is 2.06 bits per heavy atom. The van der Waals surface area contributed by atoms with E-state index in [1.165, 1.54) is 24.3 Å². The van der Waals surface area contributed by atoms with Gasteiger partial charge in [0, 0.05) is 5.56 Å². The predicted molar refractivity (Wildman–Crippen MR) is 60.5 cm³/mol. The zero-order chi connectivity index (χ0) is 12.8. The summed E-state index contributed by atoms with van der Waals surface area (Å²) in [5.74, 6) is -0.744. The number of carbonyl (C=O) groups excluding carboxylic acids is 1. The van der Waals surface area contributed by atoms with Crippen LogP contribution in [0.2, 0.25) is 0 Å². The number of amidine groups is 1. The van der Waals surface area contributed by atoms with Crippen LogP contribution in [0.25, 0.3) is 0 Å². The molecule has 0 aromatic heterocycles. The van der Waals surface area contributed by atoms with Gasteiger partial charge in [-0.2, -0.15) is 0 Å². The molecule has 4 N–H and O–H groups in total. The number of ether oxygens (including phenoxy) is 1. The van der Waals surface area contributed by atoms with E-state index in [2.05, 4.69) is 9.89 Å². The van der Waals surface area contributed by atoms with Crippen molar-refractivity contribution in [3.8, 4) is 0 Å². The van der Waals surface area contributed by atoms with Crippen LogP contribution in [0.3, 0.4) is 0 Å². The Hall–Kier alpha value is -2.08. The Bertz CT molecular complexity index is 414. The Balaban J connectivity index is 2.84. The smallest absolute Gasteiger partial charge is 0.339 e. The third kappa shape index (κ3) is 3.18. The third-order valence-corrected chi connectivity index (χ3v) is 2.14. The standard InChI is InChI=1S/C11H14N2O4/c1-2-17-11(15)9(14)7-3-5-8(6-4-7)10(12)13-16/h3-6,9,14,16H,2H2,1H3,(H2,12,13). The van der Waals surface area contributed by atoms with Crippen LogP contribution < -0.4 is 5.73 Å². The summed E-state index contributed by atoms with van der Waals surface area (Å²) in [7, 11) is 0. The molecular formula is C11H14N2O4. The molecule has 1 atom stereocenters. The molecule has 1 aromatic carbocycles. The first-order chi connectivity index (χ1) is 8.10. The van der Waals surface area contributed by atoms with Gasteiger partial charge in [-0.05, 0) is 12.5 Å². The molecule has 6 heteroatoms. The molecule has 0 aliphatic rings. The van der Waals surface area contributed by atoms with Gasteiger partial charge in [0.25, 0.3) is 0 Å². The fourth-order valence-electron chi connectivity index (χ4n) is 1.25. The third-order valence-electron chi connectivity index (χ3n) is 2.14. The molecule has 1 rings (SSSR count). The molecule has 0 bridgehead atoms. The second-order valence-electron chi connectivity index (χ2n) is 3.26. The highest BCUT2D eigenvalue weighted by atomic mass is 16.5. The summed E-state index contributed by atoms with van der Waals surface area (Å²) in [4.78, 5) is 11.3. The Morgan fingerprint density at radius 1 is 1.47 bits per heavy atom. The van der Waals surface area contributed by atoms with Crippen molar-refractivity contribution in [2.75, 3.05) is 6.61 Å². The maximum Gasteiger partial charge on any atom is 0.339 e. The number of oxime groups is 1. The van der Waals surface area contributed by atoms with Crippen molar-refractivity contribution < 1.29 is 19.8 Å². The highest BCUT2D eigenvalue weighted by Gasteiger charge is 2.18. The van der Waals surface area contributed by atoms with Gasteiger partial charge in [0.1, 0.15) is 0 Å². The lowest BCUT2D eigenvalue weighted by molar-refractivity contribution is -0.153. The second kappa shape index (κ2) is 5.86. The number of aliphatic hydroxyl groups excluding tert-OH is 1. The van der Waals surface area contributed by atoms with Crippen LogP contribution in [0.5, 0.6) is 0 Å². The van der Waals surface area contributed by atoms with Gasteiger partial charge in [0.05, 0.1) is 6.61 Å². The zero-order valence-electron chi connectivity index (χ0n) is 9.33. The van der Waals surface area contributed by atoms with Gasteiger partial charge in [0.15, 0.2) is 11.9 Å². The molecule has 1 aromatic rings. The zero-order valence-corrected chi connectivity index (χ0v) is 9.33. The van der Waals surface area contributed by atoms with Crippen molar-refractivity contribution in [1.29, 1.82) is 0 Å². The van der Waals surface area contributed by atoms with E-state index in [1.54, 1.807) is 6.92 Å². The van der Waals surface area contributed by atoms with Crippen molar-refractivity contribution in [3.05, 3.63) is 35.4 Å². The quantitative estimate of drug-likeness (QED) is 0.231. The summed E-state index contributed by atoms with van der Waals surface area (Å²) < 4.78 is 4.68. The minimum Gasteiger partial charge on any atom is -0.464 e. The summed E-state index contributed by atoms with van der Waals surface area (Å²) in [6.45, 7) is 1.87. The van der Waals surface area contributed by atoms with Crippen molar-refractivity contribution in [2.24, 2.45) is 10.9 Å². The lowest BCUT2D eigenvalue weighted by atomic mass is 10.1. The van der Waals surface area contributed by atoms with E-state index in [0.29, 0.717) is 11.1 Å². The van der Waals surface area contributed by atoms with E-state index in [9.17, 15) is 9.90 Å². The second-order valence-corrected chi connectivity index (χ2v) is 3.26. The highest BCUT2D eigenvalue weighted by Crippen LogP contribution is 2.15.